The molecule has 0 fully saturated rings. The third kappa shape index (κ3) is 2.32. The first-order valence-corrected chi connectivity index (χ1v) is 6.08. The van der Waals surface area contributed by atoms with Crippen LogP contribution in [0.5, 0.6) is 0 Å². The number of hydrogen-bond donors (Lipinski definition) is 0. The standard InChI is InChI=1S/C13H16Si2/c1-7-8(2)10(4)12(6-13(14)15)11(5)9(7)3/h6H,1-5H3. The Morgan fingerprint density at radius 3 is 1.40 bits per heavy atom. The molecule has 0 nitrogen and oxygen atoms in total. The molecule has 6 radical (unpaired) electrons. The number of rotatable bonds is 1. The first kappa shape index (κ1) is 12.5. The van der Waals surface area contributed by atoms with Gasteiger partial charge in [0, 0.05) is 0 Å². The molecule has 2 heteroatoms. The van der Waals surface area contributed by atoms with Crippen molar-refractivity contribution in [1.29, 1.82) is 0 Å². The van der Waals surface area contributed by atoms with Crippen LogP contribution >= 0.6 is 0 Å². The monoisotopic (exact) mass is 228 g/mol. The molecule has 0 aliphatic heterocycles. The third-order valence-electron chi connectivity index (χ3n) is 3.35. The highest BCUT2D eigenvalue weighted by molar-refractivity contribution is 6.50. The Hall–Kier alpha value is -0.606. The van der Waals surface area contributed by atoms with E-state index >= 15 is 0 Å². The van der Waals surface area contributed by atoms with Gasteiger partial charge in [0.05, 0.1) is 20.5 Å². The van der Waals surface area contributed by atoms with Crippen molar-refractivity contribution in [3.63, 3.8) is 0 Å². The van der Waals surface area contributed by atoms with Gasteiger partial charge in [0.15, 0.2) is 0 Å². The lowest BCUT2D eigenvalue weighted by Gasteiger charge is -2.16. The fourth-order valence-corrected chi connectivity index (χ4v) is 2.18. The average Bonchev–Trinajstić information content (AvgIpc) is 2.18. The Labute approximate surface area is 99.6 Å². The van der Waals surface area contributed by atoms with Gasteiger partial charge in [-0.1, -0.05) is 6.08 Å². The lowest BCUT2D eigenvalue weighted by molar-refractivity contribution is 1.16. The van der Waals surface area contributed by atoms with Crippen molar-refractivity contribution in [3.05, 3.63) is 38.2 Å². The van der Waals surface area contributed by atoms with Crippen molar-refractivity contribution in [3.8, 4) is 0 Å². The summed E-state index contributed by atoms with van der Waals surface area (Å²) >= 11 is 0. The van der Waals surface area contributed by atoms with Crippen LogP contribution < -0.4 is 0 Å². The molecular formula is C13H16Si2. The molecule has 0 N–H and O–H groups in total. The van der Waals surface area contributed by atoms with Crippen LogP contribution in [0.4, 0.5) is 0 Å². The summed E-state index contributed by atoms with van der Waals surface area (Å²) in [5.74, 6) is 0. The molecule has 76 valence electrons. The van der Waals surface area contributed by atoms with E-state index in [4.69, 9.17) is 0 Å². The minimum absolute atomic E-state index is 0.976. The van der Waals surface area contributed by atoms with Crippen LogP contribution in [-0.2, 0) is 0 Å². The van der Waals surface area contributed by atoms with E-state index in [0.717, 1.165) is 4.82 Å². The maximum absolute atomic E-state index is 3.47. The first-order valence-electron chi connectivity index (χ1n) is 5.08. The zero-order valence-electron chi connectivity index (χ0n) is 10.1. The second kappa shape index (κ2) is 4.50. The maximum atomic E-state index is 3.47. The minimum atomic E-state index is 0.976. The zero-order chi connectivity index (χ0) is 11.7. The summed E-state index contributed by atoms with van der Waals surface area (Å²) in [6, 6.07) is 0. The van der Waals surface area contributed by atoms with Crippen molar-refractivity contribution >= 4 is 26.6 Å². The Kier molecular flexibility index (Phi) is 3.73. The van der Waals surface area contributed by atoms with Crippen LogP contribution in [0, 0.1) is 34.6 Å². The van der Waals surface area contributed by atoms with Gasteiger partial charge in [-0.2, -0.15) is 0 Å². The molecule has 1 aromatic carbocycles. The van der Waals surface area contributed by atoms with Gasteiger partial charge in [0.2, 0.25) is 0 Å². The average molecular weight is 228 g/mol. The van der Waals surface area contributed by atoms with Crippen molar-refractivity contribution < 1.29 is 0 Å². The van der Waals surface area contributed by atoms with Crippen molar-refractivity contribution in [2.75, 3.05) is 0 Å². The van der Waals surface area contributed by atoms with E-state index in [1.54, 1.807) is 0 Å². The Bertz CT molecular complexity index is 396. The molecule has 0 atom stereocenters. The number of benzene rings is 1. The molecule has 1 rings (SSSR count). The molecule has 0 aromatic heterocycles. The van der Waals surface area contributed by atoms with Crippen LogP contribution in [0.1, 0.15) is 33.4 Å². The van der Waals surface area contributed by atoms with Gasteiger partial charge in [0.25, 0.3) is 0 Å². The molecule has 0 unspecified atom stereocenters. The summed E-state index contributed by atoms with van der Waals surface area (Å²) in [5, 5.41) is 0. The summed E-state index contributed by atoms with van der Waals surface area (Å²) in [5.41, 5.74) is 8.24. The van der Waals surface area contributed by atoms with Crippen molar-refractivity contribution in [1.82, 2.24) is 0 Å². The summed E-state index contributed by atoms with van der Waals surface area (Å²) in [6.07, 6.45) is 2.12. The largest absolute Gasteiger partial charge is 0.104 e. The topological polar surface area (TPSA) is 0 Å². The molecule has 0 aliphatic rings. The molecule has 15 heavy (non-hydrogen) atoms. The quantitative estimate of drug-likeness (QED) is 0.649. The van der Waals surface area contributed by atoms with E-state index in [1.165, 1.54) is 33.4 Å². The smallest absolute Gasteiger partial charge is 0.0580 e. The maximum Gasteiger partial charge on any atom is 0.0580 e. The molecule has 0 saturated heterocycles. The van der Waals surface area contributed by atoms with E-state index in [1.807, 2.05) is 0 Å². The second-order valence-electron chi connectivity index (χ2n) is 4.10. The summed E-state index contributed by atoms with van der Waals surface area (Å²) in [4.78, 5) is 0.976. The first-order chi connectivity index (χ1) is 6.86. The summed E-state index contributed by atoms with van der Waals surface area (Å²) in [6.45, 7) is 10.9. The minimum Gasteiger partial charge on any atom is -0.104 e. The van der Waals surface area contributed by atoms with Gasteiger partial charge in [0.1, 0.15) is 0 Å². The zero-order valence-corrected chi connectivity index (χ0v) is 12.1. The molecule has 0 aliphatic carbocycles. The lowest BCUT2D eigenvalue weighted by atomic mass is 9.90. The molecule has 1 aromatic rings. The van der Waals surface area contributed by atoms with Crippen molar-refractivity contribution in [2.45, 2.75) is 34.6 Å². The third-order valence-corrected chi connectivity index (χ3v) is 3.64. The van der Waals surface area contributed by atoms with E-state index in [-0.39, 0.29) is 0 Å². The summed E-state index contributed by atoms with van der Waals surface area (Å²) < 4.78 is 0. The van der Waals surface area contributed by atoms with Crippen LogP contribution in [-0.4, -0.2) is 20.5 Å². The molecule has 0 spiro atoms. The van der Waals surface area contributed by atoms with Gasteiger partial charge in [-0.25, -0.2) is 0 Å². The van der Waals surface area contributed by atoms with Crippen LogP contribution in [0.25, 0.3) is 6.08 Å². The Balaban J connectivity index is 3.60. The van der Waals surface area contributed by atoms with Crippen LogP contribution in [0.3, 0.4) is 0 Å². The highest BCUT2D eigenvalue weighted by Crippen LogP contribution is 2.27. The van der Waals surface area contributed by atoms with Gasteiger partial charge in [-0.05, 0) is 68.0 Å². The fourth-order valence-electron chi connectivity index (χ4n) is 1.89. The SMILES string of the molecule is Cc1c(C)c(C)c(C=C([Si])[Si])c(C)c1C. The van der Waals surface area contributed by atoms with E-state index in [0.29, 0.717) is 0 Å². The van der Waals surface area contributed by atoms with Crippen LogP contribution in [0.15, 0.2) is 4.82 Å². The Morgan fingerprint density at radius 2 is 1.07 bits per heavy atom. The molecule has 0 saturated carbocycles. The van der Waals surface area contributed by atoms with Gasteiger partial charge >= 0.3 is 0 Å². The van der Waals surface area contributed by atoms with Crippen LogP contribution in [0.2, 0.25) is 0 Å². The molecular weight excluding hydrogens is 212 g/mol. The lowest BCUT2D eigenvalue weighted by Crippen LogP contribution is -1.99. The highest BCUT2D eigenvalue weighted by Gasteiger charge is 2.09. The highest BCUT2D eigenvalue weighted by atomic mass is 28.2. The predicted molar refractivity (Wildman–Crippen MR) is 69.6 cm³/mol. The van der Waals surface area contributed by atoms with Gasteiger partial charge in [-0.3, -0.25) is 0 Å². The number of hydrogen-bond acceptors (Lipinski definition) is 0. The molecule has 0 bridgehead atoms. The molecule has 0 amide bonds. The Morgan fingerprint density at radius 1 is 0.733 bits per heavy atom. The summed E-state index contributed by atoms with van der Waals surface area (Å²) in [7, 11) is 6.94. The van der Waals surface area contributed by atoms with E-state index in [2.05, 4.69) is 61.2 Å². The second-order valence-corrected chi connectivity index (χ2v) is 5.67. The van der Waals surface area contributed by atoms with E-state index in [9.17, 15) is 0 Å². The van der Waals surface area contributed by atoms with E-state index < -0.39 is 0 Å². The normalized spacial score (nSPS) is 10.3. The van der Waals surface area contributed by atoms with Crippen molar-refractivity contribution in [2.24, 2.45) is 0 Å². The molecule has 0 heterocycles. The van der Waals surface area contributed by atoms with Gasteiger partial charge in [-0.15, -0.1) is 4.82 Å². The predicted octanol–water partition coefficient (Wildman–Crippen LogP) is 2.86. The fraction of sp³-hybridized carbons (Fsp3) is 0.385. The van der Waals surface area contributed by atoms with Gasteiger partial charge < -0.3 is 0 Å².